The number of para-hydroxylation sites is 1. The second-order valence-electron chi connectivity index (χ2n) is 13.0. The molecule has 1 aliphatic heterocycles. The Morgan fingerprint density at radius 2 is 1.61 bits per heavy atom. The minimum absolute atomic E-state index is 0.255. The summed E-state index contributed by atoms with van der Waals surface area (Å²) in [4.78, 5) is 19.3. The van der Waals surface area contributed by atoms with E-state index in [0.29, 0.717) is 29.8 Å². The van der Waals surface area contributed by atoms with Crippen molar-refractivity contribution in [2.24, 2.45) is 11.8 Å². The molecule has 1 unspecified atom stereocenters. The highest BCUT2D eigenvalue weighted by Gasteiger charge is 2.27. The summed E-state index contributed by atoms with van der Waals surface area (Å²) in [5.41, 5.74) is 11.0. The Morgan fingerprint density at radius 1 is 0.886 bits per heavy atom. The van der Waals surface area contributed by atoms with E-state index in [0.717, 1.165) is 68.0 Å². The van der Waals surface area contributed by atoms with Crippen molar-refractivity contribution in [3.8, 4) is 0 Å². The van der Waals surface area contributed by atoms with Crippen LogP contribution in [0.1, 0.15) is 105 Å². The molecular weight excluding hydrogens is 544 g/mol. The van der Waals surface area contributed by atoms with Gasteiger partial charge < -0.3 is 20.3 Å². The molecule has 0 saturated carbocycles. The topological polar surface area (TPSA) is 80.4 Å². The van der Waals surface area contributed by atoms with Crippen LogP contribution >= 0.6 is 0 Å². The number of unbranched alkanes of at least 4 members (excludes halogenated alkanes) is 2. The third-order valence-corrected chi connectivity index (χ3v) is 8.56. The number of ether oxygens (including phenoxy) is 1. The van der Waals surface area contributed by atoms with Crippen molar-refractivity contribution >= 4 is 29.3 Å². The van der Waals surface area contributed by atoms with E-state index in [-0.39, 0.29) is 5.95 Å². The largest absolute Gasteiger partial charge is 0.456 e. The van der Waals surface area contributed by atoms with Gasteiger partial charge in [-0.15, -0.1) is 0 Å². The van der Waals surface area contributed by atoms with Crippen LogP contribution in [-0.2, 0) is 4.74 Å². The monoisotopic (exact) mass is 598 g/mol. The molecule has 0 fully saturated rings. The Bertz CT molecular complexity index is 1370. The fourth-order valence-corrected chi connectivity index (χ4v) is 5.86. The molecule has 1 aromatic carbocycles. The highest BCUT2D eigenvalue weighted by molar-refractivity contribution is 5.79. The van der Waals surface area contributed by atoms with Gasteiger partial charge in [-0.1, -0.05) is 85.1 Å². The van der Waals surface area contributed by atoms with Gasteiger partial charge in [0.15, 0.2) is 0 Å². The first-order chi connectivity index (χ1) is 21.2. The molecule has 2 N–H and O–H groups in total. The molecule has 0 spiro atoms. The van der Waals surface area contributed by atoms with Crippen molar-refractivity contribution in [3.05, 3.63) is 71.0 Å². The van der Waals surface area contributed by atoms with E-state index in [9.17, 15) is 0 Å². The van der Waals surface area contributed by atoms with Crippen LogP contribution in [0.25, 0.3) is 5.76 Å². The van der Waals surface area contributed by atoms with Crippen LogP contribution in [-0.4, -0.2) is 34.1 Å². The Labute approximate surface area is 266 Å². The Kier molecular flexibility index (Phi) is 12.0. The second-order valence-corrected chi connectivity index (χ2v) is 13.0. The number of anilines is 4. The lowest BCUT2D eigenvalue weighted by Gasteiger charge is -2.33. The average molecular weight is 599 g/mol. The van der Waals surface area contributed by atoms with E-state index in [1.54, 1.807) is 0 Å². The molecule has 0 saturated heterocycles. The van der Waals surface area contributed by atoms with Gasteiger partial charge in [-0.3, -0.25) is 0 Å². The van der Waals surface area contributed by atoms with Gasteiger partial charge in [0.2, 0.25) is 17.8 Å². The van der Waals surface area contributed by atoms with Crippen LogP contribution in [0.15, 0.2) is 65.5 Å². The van der Waals surface area contributed by atoms with Crippen LogP contribution < -0.4 is 15.5 Å². The van der Waals surface area contributed by atoms with E-state index in [1.807, 2.05) is 0 Å². The molecule has 0 amide bonds. The molecule has 44 heavy (non-hydrogen) atoms. The third-order valence-electron chi connectivity index (χ3n) is 8.56. The minimum atomic E-state index is 0.255. The summed E-state index contributed by atoms with van der Waals surface area (Å²) in [6.45, 7) is 17.4. The van der Waals surface area contributed by atoms with Gasteiger partial charge in [-0.05, 0) is 80.7 Å². The number of nitrogens with zero attached hydrogens (tertiary/aromatic N) is 5. The summed E-state index contributed by atoms with van der Waals surface area (Å²) in [6, 6.07) is 8.76. The lowest BCUT2D eigenvalue weighted by molar-refractivity contribution is 0.384. The first-order valence-corrected chi connectivity index (χ1v) is 16.8. The van der Waals surface area contributed by atoms with Crippen molar-refractivity contribution < 1.29 is 4.74 Å². The molecule has 238 valence electrons. The number of allylic oxidation sites excluding steroid dienone is 6. The smallest absolute Gasteiger partial charge is 0.236 e. The first-order valence-electron chi connectivity index (χ1n) is 16.8. The van der Waals surface area contributed by atoms with Crippen LogP contribution in [0.2, 0.25) is 0 Å². The lowest BCUT2D eigenvalue weighted by Crippen LogP contribution is -2.38. The fourth-order valence-electron chi connectivity index (χ4n) is 5.86. The van der Waals surface area contributed by atoms with Crippen LogP contribution in [0, 0.1) is 11.8 Å². The quantitative estimate of drug-likeness (QED) is 0.193. The van der Waals surface area contributed by atoms with Gasteiger partial charge in [0, 0.05) is 30.3 Å². The van der Waals surface area contributed by atoms with Crippen molar-refractivity contribution in [2.45, 2.75) is 106 Å². The Balaban J connectivity index is 1.78. The van der Waals surface area contributed by atoms with E-state index >= 15 is 0 Å². The summed E-state index contributed by atoms with van der Waals surface area (Å²) < 4.78 is 6.53. The van der Waals surface area contributed by atoms with Gasteiger partial charge >= 0.3 is 0 Å². The van der Waals surface area contributed by atoms with Crippen molar-refractivity contribution in [3.63, 3.8) is 0 Å². The molecule has 1 atom stereocenters. The van der Waals surface area contributed by atoms with Crippen molar-refractivity contribution in [2.75, 3.05) is 28.6 Å². The number of benzene rings is 1. The third kappa shape index (κ3) is 8.52. The fraction of sp³-hybridized carbons (Fsp3) is 0.541. The van der Waals surface area contributed by atoms with Gasteiger partial charge in [0.25, 0.3) is 0 Å². The van der Waals surface area contributed by atoms with Gasteiger partial charge in [-0.25, -0.2) is 0 Å². The highest BCUT2D eigenvalue weighted by atomic mass is 16.5. The maximum atomic E-state index is 6.53. The zero-order valence-electron chi connectivity index (χ0n) is 28.1. The standard InChI is InChI=1S/C37H54N6O/c1-8-10-11-16-29(9-2)42(23-21-26(3)4)36-39-35(38)40-37(41-36)43(24-22-27(5)6)32-19-14-12-18-31(32)34-25-28(7)30-17-13-15-20-33(30)44-34/h12-15,18-20,25-27,29H,8-11,16-17,21-24H2,1-7H3,(H2,38,39,40,41). The number of hydrogen-bond acceptors (Lipinski definition) is 7. The first kappa shape index (κ1) is 33.3. The molecule has 1 aromatic heterocycles. The number of nitrogens with two attached hydrogens (primary N) is 1. The number of rotatable bonds is 16. The number of nitrogen functional groups attached to an aromatic ring is 1. The van der Waals surface area contributed by atoms with Gasteiger partial charge in [-0.2, -0.15) is 15.0 Å². The van der Waals surface area contributed by atoms with E-state index in [2.05, 4.69) is 107 Å². The number of hydrogen-bond donors (Lipinski definition) is 1. The molecule has 7 nitrogen and oxygen atoms in total. The second kappa shape index (κ2) is 15.9. The summed E-state index contributed by atoms with van der Waals surface area (Å²) in [6.07, 6.45) is 17.2. The molecule has 4 rings (SSSR count). The van der Waals surface area contributed by atoms with E-state index in [1.165, 1.54) is 30.4 Å². The predicted molar refractivity (Wildman–Crippen MR) is 186 cm³/mol. The summed E-state index contributed by atoms with van der Waals surface area (Å²) >= 11 is 0. The molecule has 0 bridgehead atoms. The van der Waals surface area contributed by atoms with Crippen LogP contribution in [0.5, 0.6) is 0 Å². The molecule has 2 aliphatic rings. The molecule has 2 heterocycles. The maximum Gasteiger partial charge on any atom is 0.236 e. The van der Waals surface area contributed by atoms with Crippen molar-refractivity contribution in [1.29, 1.82) is 0 Å². The normalized spacial score (nSPS) is 15.2. The maximum absolute atomic E-state index is 6.53. The van der Waals surface area contributed by atoms with E-state index < -0.39 is 0 Å². The number of aromatic nitrogens is 3. The highest BCUT2D eigenvalue weighted by Crippen LogP contribution is 2.40. The molecular formula is C37H54N6O. The zero-order valence-corrected chi connectivity index (χ0v) is 28.1. The predicted octanol–water partition coefficient (Wildman–Crippen LogP) is 9.38. The summed E-state index contributed by atoms with van der Waals surface area (Å²) in [7, 11) is 0. The Morgan fingerprint density at radius 3 is 2.34 bits per heavy atom. The van der Waals surface area contributed by atoms with Crippen LogP contribution in [0.3, 0.4) is 0 Å². The molecule has 0 radical (unpaired) electrons. The van der Waals surface area contributed by atoms with Crippen molar-refractivity contribution in [1.82, 2.24) is 15.0 Å². The molecule has 2 aromatic rings. The summed E-state index contributed by atoms with van der Waals surface area (Å²) in [5, 5.41) is 0. The van der Waals surface area contributed by atoms with Gasteiger partial charge in [0.1, 0.15) is 11.5 Å². The lowest BCUT2D eigenvalue weighted by atomic mass is 9.96. The summed E-state index contributed by atoms with van der Waals surface area (Å²) in [5.74, 6) is 4.36. The zero-order chi connectivity index (χ0) is 31.6. The van der Waals surface area contributed by atoms with Gasteiger partial charge in [0.05, 0.1) is 5.69 Å². The molecule has 7 heteroatoms. The SMILES string of the molecule is CCCCCC(CC)N(CCC(C)C)c1nc(N)nc(N(CCC(C)C)c2ccccc2C2=CC(C)=C3CC=CC=C3O2)n1. The Hall–Kier alpha value is -3.61. The average Bonchev–Trinajstić information content (AvgIpc) is 3.00. The molecule has 1 aliphatic carbocycles. The number of fused-ring (bicyclic) bond motifs is 1. The van der Waals surface area contributed by atoms with E-state index in [4.69, 9.17) is 25.4 Å². The van der Waals surface area contributed by atoms with Crippen LogP contribution in [0.4, 0.5) is 23.5 Å². The minimum Gasteiger partial charge on any atom is -0.456 e.